The van der Waals surface area contributed by atoms with Gasteiger partial charge in [0, 0.05) is 32.2 Å². The molecular formula is C17H17ClN4O3S. The highest BCUT2D eigenvalue weighted by Gasteiger charge is 2.25. The maximum Gasteiger partial charge on any atom is 0.298 e. The van der Waals surface area contributed by atoms with Crippen LogP contribution in [0, 0.1) is 0 Å². The highest BCUT2D eigenvalue weighted by Crippen LogP contribution is 2.33. The summed E-state index contributed by atoms with van der Waals surface area (Å²) in [6.07, 6.45) is 1.46. The lowest BCUT2D eigenvalue weighted by atomic mass is 10.3. The fourth-order valence-corrected chi connectivity index (χ4v) is 4.12. The van der Waals surface area contributed by atoms with Crippen molar-refractivity contribution in [1.82, 2.24) is 15.0 Å². The van der Waals surface area contributed by atoms with E-state index in [9.17, 15) is 4.79 Å². The molecule has 0 unspecified atom stereocenters. The second-order valence-electron chi connectivity index (χ2n) is 5.87. The van der Waals surface area contributed by atoms with Gasteiger partial charge in [-0.05, 0) is 12.1 Å². The third-order valence-electron chi connectivity index (χ3n) is 4.23. The van der Waals surface area contributed by atoms with Gasteiger partial charge in [-0.2, -0.15) is 0 Å². The summed E-state index contributed by atoms with van der Waals surface area (Å²) in [5, 5.41) is 4.81. The minimum atomic E-state index is -0.258. The van der Waals surface area contributed by atoms with Gasteiger partial charge >= 0.3 is 0 Å². The molecule has 0 atom stereocenters. The Labute approximate surface area is 159 Å². The standard InChI is InChI=1S/C17H17ClN4O3S/c18-12-2-1-3-14-15(12)20-17(26-14)22(16(23)13-4-5-19-25-13)7-6-21-8-10-24-11-9-21/h1-5H,6-11H2. The molecule has 0 spiro atoms. The molecule has 1 fully saturated rings. The van der Waals surface area contributed by atoms with Crippen LogP contribution in [0.3, 0.4) is 0 Å². The van der Waals surface area contributed by atoms with E-state index in [1.165, 1.54) is 17.5 Å². The fraction of sp³-hybridized carbons (Fsp3) is 0.353. The third kappa shape index (κ3) is 3.59. The average Bonchev–Trinajstić information content (AvgIpc) is 3.33. The van der Waals surface area contributed by atoms with Crippen LogP contribution in [0.4, 0.5) is 5.13 Å². The number of nitrogens with zero attached hydrogens (tertiary/aromatic N) is 4. The summed E-state index contributed by atoms with van der Waals surface area (Å²) < 4.78 is 11.4. The number of amides is 1. The first-order valence-corrected chi connectivity index (χ1v) is 9.49. The van der Waals surface area contributed by atoms with Crippen LogP contribution in [0.5, 0.6) is 0 Å². The van der Waals surface area contributed by atoms with Gasteiger partial charge in [-0.3, -0.25) is 14.6 Å². The molecule has 2 aromatic heterocycles. The van der Waals surface area contributed by atoms with Crippen molar-refractivity contribution in [3.63, 3.8) is 0 Å². The molecule has 0 aliphatic carbocycles. The first kappa shape index (κ1) is 17.4. The normalized spacial score (nSPS) is 15.4. The second-order valence-corrected chi connectivity index (χ2v) is 7.29. The van der Waals surface area contributed by atoms with Crippen molar-refractivity contribution in [2.75, 3.05) is 44.3 Å². The van der Waals surface area contributed by atoms with Gasteiger partial charge in [-0.15, -0.1) is 0 Å². The zero-order valence-corrected chi connectivity index (χ0v) is 15.5. The Morgan fingerprint density at radius 2 is 2.15 bits per heavy atom. The van der Waals surface area contributed by atoms with E-state index < -0.39 is 0 Å². The van der Waals surface area contributed by atoms with Crippen molar-refractivity contribution in [3.8, 4) is 0 Å². The van der Waals surface area contributed by atoms with Crippen molar-refractivity contribution in [2.24, 2.45) is 0 Å². The molecule has 9 heteroatoms. The number of carbonyl (C=O) groups is 1. The van der Waals surface area contributed by atoms with Gasteiger partial charge in [0.1, 0.15) is 5.52 Å². The van der Waals surface area contributed by atoms with Gasteiger partial charge in [0.25, 0.3) is 5.91 Å². The van der Waals surface area contributed by atoms with Gasteiger partial charge in [-0.25, -0.2) is 4.98 Å². The molecule has 7 nitrogen and oxygen atoms in total. The molecule has 1 aromatic carbocycles. The molecule has 0 saturated carbocycles. The van der Waals surface area contributed by atoms with Crippen LogP contribution in [-0.4, -0.2) is 60.3 Å². The Morgan fingerprint density at radius 1 is 1.31 bits per heavy atom. The quantitative estimate of drug-likeness (QED) is 0.664. The van der Waals surface area contributed by atoms with Crippen LogP contribution in [0.15, 0.2) is 35.0 Å². The highest BCUT2D eigenvalue weighted by atomic mass is 35.5. The summed E-state index contributed by atoms with van der Waals surface area (Å²) in [5.41, 5.74) is 0.705. The lowest BCUT2D eigenvalue weighted by molar-refractivity contribution is 0.0390. The molecule has 0 bridgehead atoms. The van der Waals surface area contributed by atoms with E-state index in [1.54, 1.807) is 17.0 Å². The minimum Gasteiger partial charge on any atom is -0.379 e. The van der Waals surface area contributed by atoms with Crippen LogP contribution in [0.2, 0.25) is 5.02 Å². The maximum atomic E-state index is 12.9. The maximum absolute atomic E-state index is 12.9. The zero-order chi connectivity index (χ0) is 17.9. The highest BCUT2D eigenvalue weighted by molar-refractivity contribution is 7.22. The number of halogens is 1. The number of para-hydroxylation sites is 1. The van der Waals surface area contributed by atoms with Crippen LogP contribution in [-0.2, 0) is 4.74 Å². The van der Waals surface area contributed by atoms with Crippen molar-refractivity contribution in [1.29, 1.82) is 0 Å². The number of thiazole rings is 1. The summed E-state index contributed by atoms with van der Waals surface area (Å²) in [6, 6.07) is 7.18. The van der Waals surface area contributed by atoms with E-state index >= 15 is 0 Å². The number of benzene rings is 1. The largest absolute Gasteiger partial charge is 0.379 e. The number of fused-ring (bicyclic) bond motifs is 1. The van der Waals surface area contributed by atoms with Crippen LogP contribution in [0.25, 0.3) is 10.2 Å². The van der Waals surface area contributed by atoms with E-state index in [-0.39, 0.29) is 11.7 Å². The molecule has 136 valence electrons. The van der Waals surface area contributed by atoms with E-state index in [0.29, 0.717) is 35.4 Å². The lowest BCUT2D eigenvalue weighted by Crippen LogP contribution is -2.43. The second kappa shape index (κ2) is 7.71. The number of rotatable bonds is 5. The number of ether oxygens (including phenoxy) is 1. The molecule has 1 aliphatic rings. The molecule has 1 saturated heterocycles. The molecule has 26 heavy (non-hydrogen) atoms. The van der Waals surface area contributed by atoms with Crippen molar-refractivity contribution < 1.29 is 14.1 Å². The summed E-state index contributed by atoms with van der Waals surface area (Å²) >= 11 is 7.68. The first-order chi connectivity index (χ1) is 12.7. The number of anilines is 1. The predicted octanol–water partition coefficient (Wildman–Crippen LogP) is 2.92. The van der Waals surface area contributed by atoms with Gasteiger partial charge in [0.15, 0.2) is 5.13 Å². The number of carbonyl (C=O) groups excluding carboxylic acids is 1. The summed E-state index contributed by atoms with van der Waals surface area (Å²) in [4.78, 5) is 21.4. The van der Waals surface area contributed by atoms with E-state index in [4.69, 9.17) is 20.9 Å². The molecule has 1 aliphatic heterocycles. The summed E-state index contributed by atoms with van der Waals surface area (Å²) in [6.45, 7) is 4.37. The van der Waals surface area contributed by atoms with Crippen LogP contribution >= 0.6 is 22.9 Å². The summed E-state index contributed by atoms with van der Waals surface area (Å²) in [7, 11) is 0. The molecular weight excluding hydrogens is 376 g/mol. The average molecular weight is 393 g/mol. The van der Waals surface area contributed by atoms with Crippen LogP contribution in [0.1, 0.15) is 10.6 Å². The molecule has 1 amide bonds. The summed E-state index contributed by atoms with van der Waals surface area (Å²) in [5.74, 6) is -0.0664. The van der Waals surface area contributed by atoms with E-state index in [0.717, 1.165) is 24.3 Å². The lowest BCUT2D eigenvalue weighted by Gasteiger charge is -2.28. The smallest absolute Gasteiger partial charge is 0.298 e. The Balaban J connectivity index is 1.62. The van der Waals surface area contributed by atoms with Gasteiger partial charge in [0.2, 0.25) is 5.76 Å². The Kier molecular flexibility index (Phi) is 5.16. The third-order valence-corrected chi connectivity index (χ3v) is 5.58. The number of hydrogen-bond donors (Lipinski definition) is 0. The monoisotopic (exact) mass is 392 g/mol. The number of aromatic nitrogens is 2. The van der Waals surface area contributed by atoms with Gasteiger partial charge < -0.3 is 9.26 Å². The van der Waals surface area contributed by atoms with Crippen molar-refractivity contribution in [3.05, 3.63) is 41.2 Å². The molecule has 3 aromatic rings. The van der Waals surface area contributed by atoms with Crippen molar-refractivity contribution in [2.45, 2.75) is 0 Å². The SMILES string of the molecule is O=C(c1ccno1)N(CCN1CCOCC1)c1nc2c(Cl)cccc2s1. The van der Waals surface area contributed by atoms with Crippen LogP contribution < -0.4 is 4.90 Å². The first-order valence-electron chi connectivity index (χ1n) is 8.30. The fourth-order valence-electron chi connectivity index (χ4n) is 2.83. The predicted molar refractivity (Wildman–Crippen MR) is 100 cm³/mol. The molecule has 0 radical (unpaired) electrons. The Morgan fingerprint density at radius 3 is 2.88 bits per heavy atom. The van der Waals surface area contributed by atoms with Crippen molar-refractivity contribution >= 4 is 44.2 Å². The molecule has 3 heterocycles. The minimum absolute atomic E-state index is 0.192. The number of morpholine rings is 1. The Hall–Kier alpha value is -2.00. The Bertz CT molecular complexity index is 893. The number of hydrogen-bond acceptors (Lipinski definition) is 7. The van der Waals surface area contributed by atoms with E-state index in [2.05, 4.69) is 15.0 Å². The molecule has 0 N–H and O–H groups in total. The zero-order valence-electron chi connectivity index (χ0n) is 13.9. The van der Waals surface area contributed by atoms with Gasteiger partial charge in [-0.1, -0.05) is 34.2 Å². The van der Waals surface area contributed by atoms with E-state index in [1.807, 2.05) is 12.1 Å². The van der Waals surface area contributed by atoms with Gasteiger partial charge in [0.05, 0.1) is 29.1 Å². The molecule has 4 rings (SSSR count). The topological polar surface area (TPSA) is 71.7 Å².